The van der Waals surface area contributed by atoms with Crippen molar-refractivity contribution >= 4 is 23.8 Å². The Balaban J connectivity index is 0.000000518. The summed E-state index contributed by atoms with van der Waals surface area (Å²) in [6.07, 6.45) is 10.7. The summed E-state index contributed by atoms with van der Waals surface area (Å²) in [6.45, 7) is 4.54. The first kappa shape index (κ1) is 29.4. The topological polar surface area (TPSA) is 139 Å². The molecule has 0 heterocycles. The third-order valence-corrected chi connectivity index (χ3v) is 5.00. The lowest BCUT2D eigenvalue weighted by atomic mass is 10.1. The van der Waals surface area contributed by atoms with E-state index in [1.54, 1.807) is 12.1 Å². The predicted molar refractivity (Wildman–Crippen MR) is 134 cm³/mol. The number of amides is 2. The van der Waals surface area contributed by atoms with Crippen LogP contribution < -0.4 is 20.9 Å². The van der Waals surface area contributed by atoms with Gasteiger partial charge >= 0.3 is 11.9 Å². The molecule has 0 radical (unpaired) electrons. The van der Waals surface area contributed by atoms with Gasteiger partial charge in [-0.15, -0.1) is 0 Å². The molecular formula is C27H36N2O6. The molecule has 8 nitrogen and oxygen atoms in total. The Morgan fingerprint density at radius 2 is 0.943 bits per heavy atom. The van der Waals surface area contributed by atoms with Crippen molar-refractivity contribution in [3.8, 4) is 11.5 Å². The van der Waals surface area contributed by atoms with Crippen LogP contribution in [-0.2, 0) is 9.59 Å². The second kappa shape index (κ2) is 16.9. The van der Waals surface area contributed by atoms with Gasteiger partial charge in [0.25, 0.3) is 11.8 Å². The number of hydrogen-bond acceptors (Lipinski definition) is 6. The highest BCUT2D eigenvalue weighted by atomic mass is 16.6. The molecule has 0 aliphatic carbocycles. The fourth-order valence-electron chi connectivity index (χ4n) is 3.16. The average molecular weight is 485 g/mol. The molecule has 0 saturated carbocycles. The first-order chi connectivity index (χ1) is 16.8. The molecular weight excluding hydrogens is 448 g/mol. The van der Waals surface area contributed by atoms with Crippen LogP contribution in [0.15, 0.2) is 48.5 Å². The largest absolute Gasteiger partial charge is 0.425 e. The second-order valence-electron chi connectivity index (χ2n) is 7.97. The van der Waals surface area contributed by atoms with E-state index < -0.39 is 30.2 Å². The van der Waals surface area contributed by atoms with Crippen LogP contribution in [0.3, 0.4) is 0 Å². The van der Waals surface area contributed by atoms with Crippen LogP contribution in [0.2, 0.25) is 0 Å². The molecule has 35 heavy (non-hydrogen) atoms. The number of esters is 2. The van der Waals surface area contributed by atoms with Gasteiger partial charge in [0.05, 0.1) is 11.1 Å². The molecule has 0 aliphatic heterocycles. The number of unbranched alkanes of at least 4 members (excludes halogenated alkanes) is 7. The van der Waals surface area contributed by atoms with Gasteiger partial charge in [-0.1, -0.05) is 89.5 Å². The van der Waals surface area contributed by atoms with Gasteiger partial charge in [0.2, 0.25) is 0 Å². The van der Waals surface area contributed by atoms with Crippen molar-refractivity contribution in [3.05, 3.63) is 59.7 Å². The van der Waals surface area contributed by atoms with Crippen molar-refractivity contribution in [2.24, 2.45) is 11.5 Å². The number of para-hydroxylation sites is 2. The Morgan fingerprint density at radius 3 is 1.29 bits per heavy atom. The normalized spacial score (nSPS) is 10.0. The second-order valence-corrected chi connectivity index (χ2v) is 7.97. The van der Waals surface area contributed by atoms with E-state index in [0.29, 0.717) is 0 Å². The molecule has 0 aliphatic rings. The monoisotopic (exact) mass is 484 g/mol. The van der Waals surface area contributed by atoms with Crippen molar-refractivity contribution in [2.75, 3.05) is 0 Å². The lowest BCUT2D eigenvalue weighted by Crippen LogP contribution is -2.21. The van der Waals surface area contributed by atoms with E-state index in [1.807, 2.05) is 0 Å². The SMILES string of the molecule is CCCCCCCCCC.NC(=O)c1ccccc1OC(=O)CC(=O)Oc1ccccc1C(N)=O. The minimum atomic E-state index is -0.949. The number of primary amides is 2. The molecule has 0 saturated heterocycles. The maximum Gasteiger partial charge on any atom is 0.322 e. The maximum atomic E-state index is 11.8. The molecule has 2 rings (SSSR count). The number of hydrogen-bond donors (Lipinski definition) is 2. The first-order valence-corrected chi connectivity index (χ1v) is 12.0. The average Bonchev–Trinajstić information content (AvgIpc) is 2.82. The summed E-state index contributed by atoms with van der Waals surface area (Å²) in [4.78, 5) is 46.2. The highest BCUT2D eigenvalue weighted by molar-refractivity contribution is 5.99. The van der Waals surface area contributed by atoms with E-state index in [-0.39, 0.29) is 22.6 Å². The minimum Gasteiger partial charge on any atom is -0.425 e. The molecule has 0 bridgehead atoms. The van der Waals surface area contributed by atoms with Gasteiger partial charge in [0.1, 0.15) is 17.9 Å². The Hall–Kier alpha value is -3.68. The molecule has 0 aromatic heterocycles. The van der Waals surface area contributed by atoms with E-state index in [4.69, 9.17) is 20.9 Å². The molecule has 0 fully saturated rings. The van der Waals surface area contributed by atoms with Gasteiger partial charge in [-0.05, 0) is 24.3 Å². The standard InChI is InChI=1S/C17H14N2O6.C10H22/c18-16(22)10-5-1-3-7-12(10)24-14(20)9-15(21)25-13-8-4-2-6-11(13)17(19)23;1-3-5-7-9-10-8-6-4-2/h1-8H,9H2,(H2,18,22)(H2,19,23);3-10H2,1-2H3. The number of carbonyl (C=O) groups is 4. The van der Waals surface area contributed by atoms with Crippen LogP contribution in [0.5, 0.6) is 11.5 Å². The van der Waals surface area contributed by atoms with Gasteiger partial charge in [-0.2, -0.15) is 0 Å². The molecule has 2 aromatic carbocycles. The third-order valence-electron chi connectivity index (χ3n) is 5.00. The van der Waals surface area contributed by atoms with Gasteiger partial charge in [0.15, 0.2) is 0 Å². The Morgan fingerprint density at radius 1 is 0.600 bits per heavy atom. The van der Waals surface area contributed by atoms with Crippen molar-refractivity contribution in [3.63, 3.8) is 0 Å². The van der Waals surface area contributed by atoms with Crippen LogP contribution in [0.1, 0.15) is 92.4 Å². The Kier molecular flexibility index (Phi) is 14.1. The lowest BCUT2D eigenvalue weighted by molar-refractivity contribution is -0.144. The number of benzene rings is 2. The summed E-state index contributed by atoms with van der Waals surface area (Å²) >= 11 is 0. The Labute approximate surface area is 207 Å². The zero-order valence-electron chi connectivity index (χ0n) is 20.6. The molecule has 0 unspecified atom stereocenters. The molecule has 4 N–H and O–H groups in total. The predicted octanol–water partition coefficient (Wildman–Crippen LogP) is 4.93. The zero-order chi connectivity index (χ0) is 26.1. The quantitative estimate of drug-likeness (QED) is 0.179. The number of carbonyl (C=O) groups excluding carboxylic acids is 4. The summed E-state index contributed by atoms with van der Waals surface area (Å²) in [5, 5.41) is 0. The first-order valence-electron chi connectivity index (χ1n) is 12.0. The number of ether oxygens (including phenoxy) is 2. The number of nitrogens with two attached hydrogens (primary N) is 2. The van der Waals surface area contributed by atoms with Gasteiger partial charge in [-0.25, -0.2) is 0 Å². The van der Waals surface area contributed by atoms with Crippen LogP contribution >= 0.6 is 0 Å². The van der Waals surface area contributed by atoms with Gasteiger partial charge < -0.3 is 20.9 Å². The summed E-state index contributed by atoms with van der Waals surface area (Å²) in [7, 11) is 0. The van der Waals surface area contributed by atoms with Crippen LogP contribution in [-0.4, -0.2) is 23.8 Å². The maximum absolute atomic E-state index is 11.8. The Bertz CT molecular complexity index is 896. The molecule has 190 valence electrons. The molecule has 2 aromatic rings. The highest BCUT2D eigenvalue weighted by Crippen LogP contribution is 2.20. The summed E-state index contributed by atoms with van der Waals surface area (Å²) in [6, 6.07) is 11.7. The van der Waals surface area contributed by atoms with E-state index in [0.717, 1.165) is 0 Å². The van der Waals surface area contributed by atoms with Crippen LogP contribution in [0.4, 0.5) is 0 Å². The van der Waals surface area contributed by atoms with Gasteiger partial charge in [0, 0.05) is 0 Å². The van der Waals surface area contributed by atoms with Crippen molar-refractivity contribution in [1.82, 2.24) is 0 Å². The fourth-order valence-corrected chi connectivity index (χ4v) is 3.16. The van der Waals surface area contributed by atoms with Crippen molar-refractivity contribution in [2.45, 2.75) is 71.6 Å². The van der Waals surface area contributed by atoms with Crippen LogP contribution in [0, 0.1) is 0 Å². The van der Waals surface area contributed by atoms with E-state index in [9.17, 15) is 19.2 Å². The smallest absolute Gasteiger partial charge is 0.322 e. The van der Waals surface area contributed by atoms with E-state index >= 15 is 0 Å². The minimum absolute atomic E-state index is 0.00305. The number of rotatable bonds is 13. The summed E-state index contributed by atoms with van der Waals surface area (Å²) in [5.41, 5.74) is 10.4. The molecule has 0 spiro atoms. The van der Waals surface area contributed by atoms with Crippen molar-refractivity contribution in [1.29, 1.82) is 0 Å². The van der Waals surface area contributed by atoms with E-state index in [2.05, 4.69) is 13.8 Å². The van der Waals surface area contributed by atoms with E-state index in [1.165, 1.54) is 87.8 Å². The molecule has 0 atom stereocenters. The van der Waals surface area contributed by atoms with Crippen LogP contribution in [0.25, 0.3) is 0 Å². The third kappa shape index (κ3) is 11.8. The summed E-state index contributed by atoms with van der Waals surface area (Å²) in [5.74, 6) is -3.58. The fraction of sp³-hybridized carbons (Fsp3) is 0.407. The summed E-state index contributed by atoms with van der Waals surface area (Å²) < 4.78 is 9.92. The zero-order valence-corrected chi connectivity index (χ0v) is 20.6. The van der Waals surface area contributed by atoms with Gasteiger partial charge in [-0.3, -0.25) is 19.2 Å². The molecule has 2 amide bonds. The molecule has 8 heteroatoms. The lowest BCUT2D eigenvalue weighted by Gasteiger charge is -2.09. The van der Waals surface area contributed by atoms with Crippen molar-refractivity contribution < 1.29 is 28.7 Å². The highest BCUT2D eigenvalue weighted by Gasteiger charge is 2.19.